The van der Waals surface area contributed by atoms with Crippen LogP contribution >= 0.6 is 0 Å². The number of aliphatic hydroxyl groups excluding tert-OH is 1. The number of hydrogen-bond acceptors (Lipinski definition) is 10. The number of fused-ring (bicyclic) bond motifs is 3. The minimum Gasteiger partial charge on any atom is -0.391 e. The monoisotopic (exact) mass is 450 g/mol. The lowest BCUT2D eigenvalue weighted by Crippen LogP contribution is -2.38. The molecule has 3 saturated heterocycles. The Morgan fingerprint density at radius 3 is 2.67 bits per heavy atom. The Hall–Kier alpha value is -2.98. The van der Waals surface area contributed by atoms with Crippen LogP contribution in [0.25, 0.3) is 0 Å². The average Bonchev–Trinajstić information content (AvgIpc) is 3.63. The number of anilines is 4. The molecule has 2 aromatic rings. The van der Waals surface area contributed by atoms with Crippen molar-refractivity contribution in [2.45, 2.75) is 57.0 Å². The third kappa shape index (κ3) is 4.32. The van der Waals surface area contributed by atoms with E-state index in [4.69, 9.17) is 14.7 Å². The molecule has 33 heavy (non-hydrogen) atoms. The van der Waals surface area contributed by atoms with Crippen LogP contribution in [-0.2, 0) is 4.74 Å². The van der Waals surface area contributed by atoms with Crippen molar-refractivity contribution in [3.8, 4) is 0 Å². The highest BCUT2D eigenvalue weighted by Crippen LogP contribution is 2.43. The molecule has 0 saturated carbocycles. The van der Waals surface area contributed by atoms with Gasteiger partial charge in [-0.3, -0.25) is 5.43 Å². The van der Waals surface area contributed by atoms with Crippen LogP contribution in [0.4, 0.5) is 23.3 Å². The van der Waals surface area contributed by atoms with Gasteiger partial charge in [-0.25, -0.2) is 9.97 Å². The summed E-state index contributed by atoms with van der Waals surface area (Å²) in [6.45, 7) is 3.48. The summed E-state index contributed by atoms with van der Waals surface area (Å²) in [7, 11) is 0. The molecule has 0 aromatic carbocycles. The number of nitrogens with zero attached hydrogens (tertiary/aromatic N) is 6. The van der Waals surface area contributed by atoms with Gasteiger partial charge in [-0.05, 0) is 37.8 Å². The van der Waals surface area contributed by atoms with Gasteiger partial charge in [-0.15, -0.1) is 0 Å². The first-order valence-electron chi connectivity index (χ1n) is 12.0. The van der Waals surface area contributed by atoms with E-state index in [-0.39, 0.29) is 18.4 Å². The van der Waals surface area contributed by atoms with Crippen LogP contribution in [0.1, 0.15) is 55.9 Å². The summed E-state index contributed by atoms with van der Waals surface area (Å²) in [6.07, 6.45) is 9.70. The molecule has 10 nitrogen and oxygen atoms in total. The average molecular weight is 451 g/mol. The number of rotatable bonds is 4. The van der Waals surface area contributed by atoms with E-state index >= 15 is 0 Å². The number of aromatic nitrogens is 3. The fourth-order valence-electron chi connectivity index (χ4n) is 4.91. The van der Waals surface area contributed by atoms with Crippen LogP contribution in [0.5, 0.6) is 0 Å². The number of hydrogen-bond donors (Lipinski definition) is 3. The first kappa shape index (κ1) is 20.6. The zero-order valence-corrected chi connectivity index (χ0v) is 18.7. The largest absolute Gasteiger partial charge is 0.391 e. The van der Waals surface area contributed by atoms with Crippen LogP contribution in [0.2, 0.25) is 0 Å². The third-order valence-corrected chi connectivity index (χ3v) is 6.75. The maximum atomic E-state index is 9.98. The van der Waals surface area contributed by atoms with Gasteiger partial charge >= 0.3 is 0 Å². The molecule has 0 bridgehead atoms. The van der Waals surface area contributed by atoms with E-state index < -0.39 is 0 Å². The fraction of sp³-hybridized carbons (Fsp3) is 0.565. The van der Waals surface area contributed by atoms with Crippen molar-refractivity contribution in [1.29, 1.82) is 0 Å². The summed E-state index contributed by atoms with van der Waals surface area (Å²) in [5, 5.41) is 17.7. The molecule has 4 aliphatic rings. The maximum Gasteiger partial charge on any atom is 0.227 e. The molecule has 2 aromatic heterocycles. The van der Waals surface area contributed by atoms with Gasteiger partial charge < -0.3 is 25.0 Å². The number of epoxide rings is 1. The SMILES string of the molecule is OC1CCCN(c2ccc(Nc3nc(N4CCCCCC4)nc4c3C3OC3NN=C4)cn2)C1. The standard InChI is InChI=1S/C23H30N8O2/c32-16-6-5-11-31(14-16)18-8-7-15(12-24-18)26-21-19-17(13-25-29-22-20(19)33-22)27-23(28-21)30-9-3-1-2-4-10-30/h7-8,12-13,16,20,22,29,32H,1-6,9-11,14H2,(H,26,27,28). The van der Waals surface area contributed by atoms with E-state index in [1.165, 1.54) is 12.8 Å². The molecular weight excluding hydrogens is 420 g/mol. The molecule has 0 aliphatic carbocycles. The Morgan fingerprint density at radius 2 is 1.88 bits per heavy atom. The quantitative estimate of drug-likeness (QED) is 0.604. The second-order valence-corrected chi connectivity index (χ2v) is 9.21. The summed E-state index contributed by atoms with van der Waals surface area (Å²) in [4.78, 5) is 18.9. The van der Waals surface area contributed by atoms with Gasteiger partial charge in [0.05, 0.1) is 35.5 Å². The Balaban J connectivity index is 1.29. The molecule has 3 unspecified atom stereocenters. The van der Waals surface area contributed by atoms with Crippen LogP contribution in [0.3, 0.4) is 0 Å². The minimum absolute atomic E-state index is 0.120. The highest BCUT2D eigenvalue weighted by atomic mass is 16.6. The lowest BCUT2D eigenvalue weighted by Gasteiger charge is -2.31. The molecule has 3 atom stereocenters. The smallest absolute Gasteiger partial charge is 0.227 e. The predicted molar refractivity (Wildman–Crippen MR) is 126 cm³/mol. The van der Waals surface area contributed by atoms with E-state index in [0.29, 0.717) is 6.54 Å². The normalized spacial score (nSPS) is 26.5. The van der Waals surface area contributed by atoms with Crippen molar-refractivity contribution in [2.75, 3.05) is 41.3 Å². The minimum atomic E-state index is -0.283. The lowest BCUT2D eigenvalue weighted by molar-refractivity contribution is 0.154. The number of β-amino-alcohol motifs (C(OH)–C–C–N with tert-alkyl or cyclic N) is 1. The Morgan fingerprint density at radius 1 is 1.03 bits per heavy atom. The first-order valence-corrected chi connectivity index (χ1v) is 12.0. The zero-order valence-electron chi connectivity index (χ0n) is 18.7. The summed E-state index contributed by atoms with van der Waals surface area (Å²) >= 11 is 0. The van der Waals surface area contributed by atoms with E-state index in [1.54, 1.807) is 6.21 Å². The van der Waals surface area contributed by atoms with Crippen molar-refractivity contribution >= 4 is 29.5 Å². The van der Waals surface area contributed by atoms with Crippen molar-refractivity contribution in [1.82, 2.24) is 20.4 Å². The van der Waals surface area contributed by atoms with Gasteiger partial charge in [-0.2, -0.15) is 10.1 Å². The Labute approximate surface area is 193 Å². The van der Waals surface area contributed by atoms with E-state index in [2.05, 4.69) is 30.6 Å². The molecule has 6 heterocycles. The topological polar surface area (TPSA) is 114 Å². The molecule has 3 fully saturated rings. The second kappa shape index (κ2) is 8.75. The molecule has 10 heteroatoms. The van der Waals surface area contributed by atoms with E-state index in [9.17, 15) is 5.11 Å². The summed E-state index contributed by atoms with van der Waals surface area (Å²) in [5.74, 6) is 2.36. The lowest BCUT2D eigenvalue weighted by atomic mass is 10.1. The number of pyridine rings is 1. The van der Waals surface area contributed by atoms with E-state index in [0.717, 1.165) is 79.8 Å². The van der Waals surface area contributed by atoms with Crippen LogP contribution in [-0.4, -0.2) is 64.8 Å². The summed E-state index contributed by atoms with van der Waals surface area (Å²) in [6, 6.07) is 4.01. The second-order valence-electron chi connectivity index (χ2n) is 9.21. The van der Waals surface area contributed by atoms with Gasteiger partial charge in [0.1, 0.15) is 17.7 Å². The van der Waals surface area contributed by atoms with Gasteiger partial charge in [-0.1, -0.05) is 12.8 Å². The van der Waals surface area contributed by atoms with Crippen LogP contribution < -0.4 is 20.5 Å². The van der Waals surface area contributed by atoms with Gasteiger partial charge in [0.25, 0.3) is 0 Å². The summed E-state index contributed by atoms with van der Waals surface area (Å²) in [5.41, 5.74) is 5.58. The van der Waals surface area contributed by atoms with Crippen molar-refractivity contribution in [3.05, 3.63) is 29.6 Å². The van der Waals surface area contributed by atoms with Gasteiger partial charge in [0.2, 0.25) is 5.95 Å². The molecule has 3 N–H and O–H groups in total. The number of ether oxygens (including phenoxy) is 1. The van der Waals surface area contributed by atoms with Crippen LogP contribution in [0.15, 0.2) is 23.4 Å². The number of piperidine rings is 1. The third-order valence-electron chi connectivity index (χ3n) is 6.75. The number of aliphatic hydroxyl groups is 1. The number of nitrogens with one attached hydrogen (secondary N) is 2. The molecule has 4 aliphatic heterocycles. The molecule has 0 spiro atoms. The van der Waals surface area contributed by atoms with E-state index in [1.807, 2.05) is 18.3 Å². The molecule has 6 rings (SSSR count). The first-order chi connectivity index (χ1) is 16.2. The molecule has 0 amide bonds. The fourth-order valence-corrected chi connectivity index (χ4v) is 4.91. The molecule has 0 radical (unpaired) electrons. The van der Waals surface area contributed by atoms with Crippen molar-refractivity contribution in [3.63, 3.8) is 0 Å². The van der Waals surface area contributed by atoms with Gasteiger partial charge in [0, 0.05) is 26.2 Å². The predicted octanol–water partition coefficient (Wildman–Crippen LogP) is 2.29. The zero-order chi connectivity index (χ0) is 22.2. The summed E-state index contributed by atoms with van der Waals surface area (Å²) < 4.78 is 5.77. The Kier molecular flexibility index (Phi) is 5.47. The maximum absolute atomic E-state index is 9.98. The van der Waals surface area contributed by atoms with Crippen molar-refractivity contribution in [2.24, 2.45) is 5.10 Å². The highest BCUT2D eigenvalue weighted by Gasteiger charge is 2.45. The van der Waals surface area contributed by atoms with Crippen LogP contribution in [0, 0.1) is 0 Å². The van der Waals surface area contributed by atoms with Crippen molar-refractivity contribution < 1.29 is 9.84 Å². The highest BCUT2D eigenvalue weighted by molar-refractivity contribution is 5.84. The molecule has 174 valence electrons. The number of hydrazone groups is 1. The van der Waals surface area contributed by atoms with Gasteiger partial charge in [0.15, 0.2) is 6.23 Å². The Bertz CT molecular complexity index is 1020. The molecular formula is C23H30N8O2.